The van der Waals surface area contributed by atoms with E-state index < -0.39 is 57.9 Å². The molecule has 2 aromatic carbocycles. The van der Waals surface area contributed by atoms with Gasteiger partial charge in [0.25, 0.3) is 0 Å². The van der Waals surface area contributed by atoms with E-state index in [1.165, 1.54) is 0 Å². The molecule has 0 aliphatic heterocycles. The summed E-state index contributed by atoms with van der Waals surface area (Å²) >= 11 is 0. The molecule has 28 heavy (non-hydrogen) atoms. The van der Waals surface area contributed by atoms with Crippen LogP contribution in [-0.2, 0) is 0 Å². The van der Waals surface area contributed by atoms with Gasteiger partial charge in [0.15, 0.2) is 0 Å². The van der Waals surface area contributed by atoms with Crippen LogP contribution >= 0.6 is 0 Å². The van der Waals surface area contributed by atoms with Crippen LogP contribution in [0.15, 0.2) is 36.4 Å². The van der Waals surface area contributed by atoms with Gasteiger partial charge in [-0.1, -0.05) is 0 Å². The highest BCUT2D eigenvalue weighted by Crippen LogP contribution is 2.68. The summed E-state index contributed by atoms with van der Waals surface area (Å²) in [6.45, 7) is 0. The third-order valence-electron chi connectivity index (χ3n) is 4.13. The monoisotopic (exact) mass is 410 g/mol. The van der Waals surface area contributed by atoms with Gasteiger partial charge in [0.1, 0.15) is 23.0 Å². The highest BCUT2D eigenvalue weighted by atomic mass is 19.3. The normalized spacial score (nSPS) is 27.6. The summed E-state index contributed by atoms with van der Waals surface area (Å²) in [6, 6.07) is 4.26. The van der Waals surface area contributed by atoms with E-state index in [0.29, 0.717) is 24.3 Å². The predicted molar refractivity (Wildman–Crippen MR) is 83.9 cm³/mol. The lowest BCUT2D eigenvalue weighted by Gasteiger charge is -2.55. The van der Waals surface area contributed by atoms with Crippen molar-refractivity contribution in [1.29, 1.82) is 0 Å². The summed E-state index contributed by atoms with van der Waals surface area (Å²) in [5.41, 5.74) is 9.65. The molecule has 0 amide bonds. The molecule has 0 aromatic heterocycles. The molecule has 12 heteroatoms. The summed E-state index contributed by atoms with van der Waals surface area (Å²) in [7, 11) is 0. The fraction of sp³-hybridized carbons (Fsp3) is 0.250. The van der Waals surface area contributed by atoms with Crippen molar-refractivity contribution in [2.24, 2.45) is 0 Å². The minimum Gasteiger partial charge on any atom is -0.506 e. The van der Waals surface area contributed by atoms with Crippen LogP contribution in [0.25, 0.3) is 0 Å². The average molecular weight is 410 g/mol. The molecule has 0 spiro atoms. The second-order valence-electron chi connectivity index (χ2n) is 5.98. The summed E-state index contributed by atoms with van der Waals surface area (Å²) in [6.07, 6.45) is 0. The third-order valence-corrected chi connectivity index (χ3v) is 4.13. The van der Waals surface area contributed by atoms with Crippen molar-refractivity contribution in [2.45, 2.75) is 23.6 Å². The minimum atomic E-state index is -5.64. The summed E-state index contributed by atoms with van der Waals surface area (Å²) in [5, 5.41) is 18.5. The molecule has 152 valence electrons. The van der Waals surface area contributed by atoms with Gasteiger partial charge in [-0.25, -0.2) is 0 Å². The molecule has 1 saturated carbocycles. The van der Waals surface area contributed by atoms with E-state index in [1.807, 2.05) is 0 Å². The number of phenolic OH excluding ortho intramolecular Hbond substituents is 2. The molecule has 1 aliphatic rings. The van der Waals surface area contributed by atoms with Crippen molar-refractivity contribution in [2.75, 3.05) is 11.5 Å². The number of nitrogens with two attached hydrogens (primary N) is 2. The van der Waals surface area contributed by atoms with Crippen LogP contribution in [0, 0.1) is 0 Å². The van der Waals surface area contributed by atoms with Crippen molar-refractivity contribution in [3.8, 4) is 23.0 Å². The van der Waals surface area contributed by atoms with Gasteiger partial charge in [0.05, 0.1) is 11.4 Å². The lowest BCUT2D eigenvalue weighted by molar-refractivity contribution is -0.527. The first-order chi connectivity index (χ1) is 12.8. The molecule has 1 fully saturated rings. The van der Waals surface area contributed by atoms with E-state index in [1.54, 1.807) is 0 Å². The summed E-state index contributed by atoms with van der Waals surface area (Å²) < 4.78 is 93.6. The largest absolute Gasteiger partial charge is 0.506 e. The number of benzene rings is 2. The molecular weight excluding hydrogens is 398 g/mol. The Morgan fingerprint density at radius 2 is 0.964 bits per heavy atom. The number of ether oxygens (including phenoxy) is 2. The molecule has 2 unspecified atom stereocenters. The molecule has 0 radical (unpaired) electrons. The van der Waals surface area contributed by atoms with Gasteiger partial charge in [-0.2, -0.15) is 26.3 Å². The maximum Gasteiger partial charge on any atom is 0.395 e. The number of hydrogen-bond acceptors (Lipinski definition) is 6. The molecule has 1 aliphatic carbocycles. The maximum absolute atomic E-state index is 14.9. The number of hydrogen-bond donors (Lipinski definition) is 4. The smallest absolute Gasteiger partial charge is 0.395 e. The van der Waals surface area contributed by atoms with Crippen molar-refractivity contribution < 1.29 is 46.0 Å². The lowest BCUT2D eigenvalue weighted by Crippen LogP contribution is -2.89. The number of nitrogen functional groups attached to an aromatic ring is 2. The number of halogens is 6. The van der Waals surface area contributed by atoms with E-state index in [9.17, 15) is 36.6 Å². The van der Waals surface area contributed by atoms with Crippen LogP contribution in [0.2, 0.25) is 0 Å². The zero-order valence-electron chi connectivity index (χ0n) is 13.6. The van der Waals surface area contributed by atoms with Gasteiger partial charge in [-0.3, -0.25) is 0 Å². The lowest BCUT2D eigenvalue weighted by atomic mass is 9.76. The van der Waals surface area contributed by atoms with Crippen molar-refractivity contribution in [3.63, 3.8) is 0 Å². The van der Waals surface area contributed by atoms with Crippen LogP contribution in [0.5, 0.6) is 23.0 Å². The zero-order chi connectivity index (χ0) is 21.1. The van der Waals surface area contributed by atoms with Crippen molar-refractivity contribution in [1.82, 2.24) is 0 Å². The topological polar surface area (TPSA) is 111 Å². The Morgan fingerprint density at radius 1 is 0.643 bits per heavy atom. The molecule has 2 atom stereocenters. The number of anilines is 2. The van der Waals surface area contributed by atoms with Crippen LogP contribution < -0.4 is 20.9 Å². The van der Waals surface area contributed by atoms with Gasteiger partial charge in [0, 0.05) is 12.1 Å². The molecule has 0 saturated heterocycles. The Labute approximate surface area is 152 Å². The molecule has 2 aromatic rings. The van der Waals surface area contributed by atoms with E-state index in [4.69, 9.17) is 11.5 Å². The Kier molecular flexibility index (Phi) is 3.96. The fourth-order valence-electron chi connectivity index (χ4n) is 2.52. The Bertz CT molecular complexity index is 868. The highest BCUT2D eigenvalue weighted by Gasteiger charge is 3.03. The first kappa shape index (κ1) is 19.6. The second kappa shape index (κ2) is 5.66. The Morgan fingerprint density at radius 3 is 1.25 bits per heavy atom. The standard InChI is InChI=1S/C16H12F6N2O4/c17-13(18)14(19,20)16(22,28-8-2-4-12(26)10(24)6-8)15(13,21)27-7-1-3-11(25)9(23)5-7/h1-6,25-26H,23-24H2. The molecule has 0 heterocycles. The van der Waals surface area contributed by atoms with Crippen LogP contribution in [0.3, 0.4) is 0 Å². The fourth-order valence-corrected chi connectivity index (χ4v) is 2.52. The quantitative estimate of drug-likeness (QED) is 0.350. The predicted octanol–water partition coefficient (Wildman–Crippen LogP) is 3.34. The second-order valence-corrected chi connectivity index (χ2v) is 5.98. The SMILES string of the molecule is Nc1cc(OC2(F)C(F)(F)C(F)(F)C2(F)Oc2ccc(O)c(N)c2)ccc1O. The number of aromatic hydroxyl groups is 2. The van der Waals surface area contributed by atoms with Crippen LogP contribution in [0.4, 0.5) is 37.7 Å². The van der Waals surface area contributed by atoms with Crippen LogP contribution in [0.1, 0.15) is 0 Å². The third kappa shape index (κ3) is 2.29. The molecule has 6 nitrogen and oxygen atoms in total. The first-order valence-electron chi connectivity index (χ1n) is 7.45. The van der Waals surface area contributed by atoms with Gasteiger partial charge in [-0.05, 0) is 24.3 Å². The summed E-state index contributed by atoms with van der Waals surface area (Å²) in [5.74, 6) is -24.0. The molecular formula is C16H12F6N2O4. The van der Waals surface area contributed by atoms with E-state index >= 15 is 0 Å². The number of rotatable bonds is 4. The van der Waals surface area contributed by atoms with Crippen molar-refractivity contribution >= 4 is 11.4 Å². The maximum atomic E-state index is 14.9. The highest BCUT2D eigenvalue weighted by molar-refractivity contribution is 5.56. The van der Waals surface area contributed by atoms with Crippen LogP contribution in [-0.4, -0.2) is 33.8 Å². The Balaban J connectivity index is 2.02. The summed E-state index contributed by atoms with van der Waals surface area (Å²) in [4.78, 5) is 0. The molecule has 3 rings (SSSR count). The molecule has 6 N–H and O–H groups in total. The minimum absolute atomic E-state index is 0.466. The van der Waals surface area contributed by atoms with E-state index in [0.717, 1.165) is 12.1 Å². The van der Waals surface area contributed by atoms with Gasteiger partial charge in [0.2, 0.25) is 0 Å². The van der Waals surface area contributed by atoms with E-state index in [2.05, 4.69) is 9.47 Å². The Hall–Kier alpha value is -3.18. The average Bonchev–Trinajstić information content (AvgIpc) is 2.60. The zero-order valence-corrected chi connectivity index (χ0v) is 13.6. The first-order valence-corrected chi connectivity index (χ1v) is 7.45. The number of phenols is 2. The van der Waals surface area contributed by atoms with Gasteiger partial charge >= 0.3 is 23.6 Å². The molecule has 0 bridgehead atoms. The van der Waals surface area contributed by atoms with Gasteiger partial charge in [-0.15, -0.1) is 0 Å². The van der Waals surface area contributed by atoms with Crippen molar-refractivity contribution in [3.05, 3.63) is 36.4 Å². The van der Waals surface area contributed by atoms with Gasteiger partial charge < -0.3 is 31.2 Å². The number of alkyl halides is 6. The van der Waals surface area contributed by atoms with E-state index in [-0.39, 0.29) is 0 Å².